The highest BCUT2D eigenvalue weighted by molar-refractivity contribution is 5.97. The quantitative estimate of drug-likeness (QED) is 0.527. The van der Waals surface area contributed by atoms with E-state index < -0.39 is 11.6 Å². The van der Waals surface area contributed by atoms with Crippen molar-refractivity contribution < 1.29 is 13.6 Å². The van der Waals surface area contributed by atoms with Gasteiger partial charge in [0.25, 0.3) is 5.91 Å². The van der Waals surface area contributed by atoms with E-state index in [1.807, 2.05) is 18.2 Å². The van der Waals surface area contributed by atoms with Crippen molar-refractivity contribution >= 4 is 16.9 Å². The van der Waals surface area contributed by atoms with E-state index in [1.54, 1.807) is 29.1 Å². The number of benzene rings is 3. The van der Waals surface area contributed by atoms with E-state index in [2.05, 4.69) is 22.4 Å². The van der Waals surface area contributed by atoms with Crippen LogP contribution in [0.2, 0.25) is 0 Å². The Kier molecular flexibility index (Phi) is 4.54. The van der Waals surface area contributed by atoms with Gasteiger partial charge >= 0.3 is 0 Å². The van der Waals surface area contributed by atoms with E-state index >= 15 is 0 Å². The molecule has 1 N–H and O–H groups in total. The first-order valence-corrected chi connectivity index (χ1v) is 9.83. The molecule has 30 heavy (non-hydrogen) atoms. The lowest BCUT2D eigenvalue weighted by Crippen LogP contribution is -2.26. The van der Waals surface area contributed by atoms with Gasteiger partial charge in [-0.25, -0.2) is 13.8 Å². The number of halogens is 2. The summed E-state index contributed by atoms with van der Waals surface area (Å²) in [5, 5.41) is 3.08. The zero-order chi connectivity index (χ0) is 20.7. The Morgan fingerprint density at radius 2 is 1.90 bits per heavy atom. The number of imidazole rings is 1. The molecule has 1 fully saturated rings. The van der Waals surface area contributed by atoms with Crippen molar-refractivity contribution in [2.45, 2.75) is 24.9 Å². The van der Waals surface area contributed by atoms with Gasteiger partial charge in [0.05, 0.1) is 23.9 Å². The summed E-state index contributed by atoms with van der Waals surface area (Å²) in [4.78, 5) is 17.0. The van der Waals surface area contributed by atoms with Crippen LogP contribution in [0.5, 0.6) is 0 Å². The second-order valence-electron chi connectivity index (χ2n) is 7.64. The van der Waals surface area contributed by atoms with Crippen molar-refractivity contribution in [2.24, 2.45) is 0 Å². The Hall–Kier alpha value is -3.54. The lowest BCUT2D eigenvalue weighted by molar-refractivity contribution is 0.0950. The maximum atomic E-state index is 14.0. The Morgan fingerprint density at radius 3 is 2.70 bits per heavy atom. The van der Waals surface area contributed by atoms with Crippen LogP contribution in [-0.4, -0.2) is 21.5 Å². The molecule has 150 valence electrons. The summed E-state index contributed by atoms with van der Waals surface area (Å²) in [6, 6.07) is 19.1. The molecule has 1 amide bonds. The van der Waals surface area contributed by atoms with Gasteiger partial charge in [0.1, 0.15) is 11.6 Å². The fourth-order valence-corrected chi connectivity index (χ4v) is 3.84. The Balaban J connectivity index is 1.30. The lowest BCUT2D eigenvalue weighted by atomic mass is 10.1. The van der Waals surface area contributed by atoms with Crippen molar-refractivity contribution in [1.82, 2.24) is 14.9 Å². The lowest BCUT2D eigenvalue weighted by Gasteiger charge is -2.07. The third kappa shape index (κ3) is 3.56. The minimum atomic E-state index is -0.604. The predicted octanol–water partition coefficient (Wildman–Crippen LogP) is 4.65. The van der Waals surface area contributed by atoms with Crippen LogP contribution in [0.4, 0.5) is 8.78 Å². The molecule has 6 heteroatoms. The van der Waals surface area contributed by atoms with Gasteiger partial charge in [-0.2, -0.15) is 0 Å². The molecule has 2 atom stereocenters. The van der Waals surface area contributed by atoms with Crippen molar-refractivity contribution in [3.8, 4) is 0 Å². The first-order chi connectivity index (χ1) is 14.6. The molecule has 1 aliphatic carbocycles. The number of rotatable bonds is 5. The molecule has 4 nitrogen and oxygen atoms in total. The Morgan fingerprint density at radius 1 is 1.07 bits per heavy atom. The van der Waals surface area contributed by atoms with Crippen molar-refractivity contribution in [3.05, 3.63) is 101 Å². The Labute approximate surface area is 172 Å². The number of fused-ring (bicyclic) bond motifs is 1. The van der Waals surface area contributed by atoms with Crippen LogP contribution in [0.25, 0.3) is 11.0 Å². The number of aromatic nitrogens is 2. The first-order valence-electron chi connectivity index (χ1n) is 9.83. The third-order valence-electron chi connectivity index (χ3n) is 5.57. The summed E-state index contributed by atoms with van der Waals surface area (Å²) in [6.07, 6.45) is 2.54. The molecular weight excluding hydrogens is 384 g/mol. The number of carbonyl (C=O) groups is 1. The fraction of sp³-hybridized carbons (Fsp3) is 0.167. The number of amides is 1. The highest BCUT2D eigenvalue weighted by atomic mass is 19.1. The molecule has 3 aromatic carbocycles. The number of hydrogen-bond donors (Lipinski definition) is 1. The van der Waals surface area contributed by atoms with E-state index in [-0.39, 0.29) is 18.5 Å². The van der Waals surface area contributed by atoms with Gasteiger partial charge in [0.15, 0.2) is 0 Å². The normalized spacial score (nSPS) is 17.8. The average molecular weight is 403 g/mol. The molecule has 0 radical (unpaired) electrons. The zero-order valence-electron chi connectivity index (χ0n) is 16.1. The van der Waals surface area contributed by atoms with Gasteiger partial charge in [-0.05, 0) is 36.2 Å². The molecule has 0 spiro atoms. The molecule has 4 aromatic rings. The summed E-state index contributed by atoms with van der Waals surface area (Å²) in [6.45, 7) is 0.231. The molecule has 1 saturated carbocycles. The van der Waals surface area contributed by atoms with E-state index in [0.29, 0.717) is 22.6 Å². The smallest absolute Gasteiger partial charge is 0.251 e. The summed E-state index contributed by atoms with van der Waals surface area (Å²) in [5.41, 5.74) is 3.59. The summed E-state index contributed by atoms with van der Waals surface area (Å²) in [7, 11) is 0. The predicted molar refractivity (Wildman–Crippen MR) is 110 cm³/mol. The Bertz CT molecular complexity index is 1240. The van der Waals surface area contributed by atoms with Crippen LogP contribution >= 0.6 is 0 Å². The summed E-state index contributed by atoms with van der Waals surface area (Å²) < 4.78 is 28.9. The first kappa shape index (κ1) is 18.5. The number of hydrogen-bond acceptors (Lipinski definition) is 2. The molecule has 5 rings (SSSR count). The second-order valence-corrected chi connectivity index (χ2v) is 7.64. The monoisotopic (exact) mass is 403 g/mol. The van der Waals surface area contributed by atoms with Gasteiger partial charge < -0.3 is 9.88 Å². The van der Waals surface area contributed by atoms with Crippen LogP contribution in [0.3, 0.4) is 0 Å². The maximum Gasteiger partial charge on any atom is 0.251 e. The number of nitrogens with zero attached hydrogens (tertiary/aromatic N) is 2. The van der Waals surface area contributed by atoms with Gasteiger partial charge in [0.2, 0.25) is 0 Å². The van der Waals surface area contributed by atoms with Crippen molar-refractivity contribution in [1.29, 1.82) is 0 Å². The van der Waals surface area contributed by atoms with Crippen molar-refractivity contribution in [3.63, 3.8) is 0 Å². The van der Waals surface area contributed by atoms with Gasteiger partial charge in [0, 0.05) is 29.2 Å². The van der Waals surface area contributed by atoms with Crippen LogP contribution < -0.4 is 5.32 Å². The van der Waals surface area contributed by atoms with Crippen LogP contribution in [0.15, 0.2) is 73.1 Å². The highest BCUT2D eigenvalue weighted by Crippen LogP contribution is 2.40. The standard InChI is InChI=1S/C24H19F2N3O/c25-18-8-6-17(20(26)11-18)13-29-14-27-22-10-16(7-9-23(22)29)24(30)28-21-12-19(21)15-4-2-1-3-5-15/h1-11,14,19,21H,12-13H2,(H,28,30)/t19-,21+/m0/s1. The molecule has 1 aliphatic rings. The average Bonchev–Trinajstić information content (AvgIpc) is 3.41. The van der Waals surface area contributed by atoms with Gasteiger partial charge in [-0.3, -0.25) is 4.79 Å². The molecule has 0 bridgehead atoms. The molecular formula is C24H19F2N3O. The topological polar surface area (TPSA) is 46.9 Å². The molecule has 0 unspecified atom stereocenters. The maximum absolute atomic E-state index is 14.0. The summed E-state index contributed by atoms with van der Waals surface area (Å²) >= 11 is 0. The van der Waals surface area contributed by atoms with E-state index in [1.165, 1.54) is 17.7 Å². The molecule has 1 aromatic heterocycles. The second kappa shape index (κ2) is 7.37. The molecule has 0 aliphatic heterocycles. The highest BCUT2D eigenvalue weighted by Gasteiger charge is 2.39. The number of carbonyl (C=O) groups excluding carboxylic acids is 1. The summed E-state index contributed by atoms with van der Waals surface area (Å²) in [5.74, 6) is -0.957. The van der Waals surface area contributed by atoms with Crippen LogP contribution in [0, 0.1) is 11.6 Å². The van der Waals surface area contributed by atoms with Crippen molar-refractivity contribution in [2.75, 3.05) is 0 Å². The molecule has 1 heterocycles. The van der Waals surface area contributed by atoms with Gasteiger partial charge in [-0.1, -0.05) is 36.4 Å². The third-order valence-corrected chi connectivity index (χ3v) is 5.57. The largest absolute Gasteiger partial charge is 0.349 e. The fourth-order valence-electron chi connectivity index (χ4n) is 3.84. The molecule has 0 saturated heterocycles. The van der Waals surface area contributed by atoms with E-state index in [4.69, 9.17) is 0 Å². The zero-order valence-corrected chi connectivity index (χ0v) is 16.1. The SMILES string of the molecule is O=C(N[C@@H]1C[C@H]1c1ccccc1)c1ccc2c(c1)ncn2Cc1ccc(F)cc1F. The van der Waals surface area contributed by atoms with Crippen LogP contribution in [0.1, 0.15) is 33.8 Å². The minimum absolute atomic E-state index is 0.125. The van der Waals surface area contributed by atoms with E-state index in [9.17, 15) is 13.6 Å². The number of nitrogens with one attached hydrogen (secondary N) is 1. The van der Waals surface area contributed by atoms with E-state index in [0.717, 1.165) is 18.0 Å². The minimum Gasteiger partial charge on any atom is -0.349 e. The van der Waals surface area contributed by atoms with Gasteiger partial charge in [-0.15, -0.1) is 0 Å². The van der Waals surface area contributed by atoms with Crippen LogP contribution in [-0.2, 0) is 6.54 Å².